The third-order valence-corrected chi connectivity index (χ3v) is 26.3. The van der Waals surface area contributed by atoms with E-state index in [4.69, 9.17) is 67.8 Å². The number of nitrogens with zero attached hydrogens (tertiary/aromatic N) is 18. The van der Waals surface area contributed by atoms with Gasteiger partial charge in [-0.15, -0.1) is 0 Å². The molecule has 8 heterocycles. The van der Waals surface area contributed by atoms with Crippen molar-refractivity contribution in [1.29, 1.82) is 0 Å². The number of hydrogen-bond acceptors (Lipinski definition) is 32. The Morgan fingerprint density at radius 2 is 0.586 bits per heavy atom. The summed E-state index contributed by atoms with van der Waals surface area (Å²) in [5, 5.41) is 39.4. The topological polar surface area (TPSA) is 370 Å². The molecule has 3 aromatic heterocycles. The third-order valence-electron chi connectivity index (χ3n) is 26.3. The second kappa shape index (κ2) is 45.6. The summed E-state index contributed by atoms with van der Waals surface area (Å²) in [6.07, 6.45) is 21.7. The van der Waals surface area contributed by atoms with Crippen molar-refractivity contribution in [2.45, 2.75) is 530 Å². The van der Waals surface area contributed by atoms with Gasteiger partial charge in [-0.05, 0) is 281 Å². The van der Waals surface area contributed by atoms with E-state index in [-0.39, 0.29) is 63.4 Å². The highest BCUT2D eigenvalue weighted by atomic mass is 15.8. The van der Waals surface area contributed by atoms with Crippen molar-refractivity contribution in [3.05, 3.63) is 11.6 Å². The van der Waals surface area contributed by atoms with Gasteiger partial charge in [0.2, 0.25) is 35.7 Å². The molecule has 5 fully saturated rings. The van der Waals surface area contributed by atoms with Gasteiger partial charge in [-0.3, -0.25) is 25.0 Å². The number of aromatic nitrogens is 9. The second-order valence-electron chi connectivity index (χ2n) is 46.0. The zero-order chi connectivity index (χ0) is 95.1. The first-order valence-corrected chi connectivity index (χ1v) is 50.8. The summed E-state index contributed by atoms with van der Waals surface area (Å²) in [5.74, 6) is 4.48. The minimum absolute atomic E-state index is 0.125. The molecule has 0 spiro atoms. The van der Waals surface area contributed by atoms with Gasteiger partial charge in [0.25, 0.3) is 5.95 Å². The third kappa shape index (κ3) is 29.7. The van der Waals surface area contributed by atoms with Crippen LogP contribution in [0, 0.1) is 0 Å². The Morgan fingerprint density at radius 1 is 0.312 bits per heavy atom. The van der Waals surface area contributed by atoms with E-state index in [1.165, 1.54) is 0 Å². The molecular weight excluding hydrogens is 1600 g/mol. The normalized spacial score (nSPS) is 21.7. The number of nitrogens with two attached hydrogens (primary N) is 4. The molecule has 5 saturated heterocycles. The van der Waals surface area contributed by atoms with Gasteiger partial charge in [0.05, 0.1) is 48.3 Å². The summed E-state index contributed by atoms with van der Waals surface area (Å²) >= 11 is 0. The largest absolute Gasteiger partial charge is 0.322 e. The minimum Gasteiger partial charge on any atom is -0.322 e. The lowest BCUT2D eigenvalue weighted by Gasteiger charge is -2.59. The maximum Gasteiger partial charge on any atom is 0.262 e. The first-order valence-electron chi connectivity index (χ1n) is 50.8. The average Bonchev–Trinajstić information content (AvgIpc) is 0.727. The minimum atomic E-state index is -1.20. The standard InChI is InChI=1S/C96H192N32/c1-33-43-52-101-121(74(98)49-39-7)80-106-77(107-81(111-80)122(75(99)50-40-8)102-53-44-34-2)72(42-10)124(68-59-88(15,16)116-89(17,18)60-68)125(69-61-90(19,20)117-91(21,22)62-69)83-109-78(108-79(110-83)120(73(97)48-38-6)67-57-86(11,12)115-87(13,14)58-67)96(31,32)127(71-65-94(27,28)119-95(29,30)66-71)126(70-63-92(23,24)118-93(25,26)64-70)84-112-82(123(76(100)51-41-9)103-54-45-35-3)113-85(114-84)128(104-55-46-36-4)105-56-47-37-5/h67-76,101-105,115-119H,33-66,97-100H2,1-32H3. The van der Waals surface area contributed by atoms with Crippen LogP contribution in [0.4, 0.5) is 41.6 Å². The summed E-state index contributed by atoms with van der Waals surface area (Å²) in [7, 11) is 0. The van der Waals surface area contributed by atoms with E-state index in [9.17, 15) is 0 Å². The maximum absolute atomic E-state index is 8.15. The Bertz CT molecular complexity index is 3690. The zero-order valence-electron chi connectivity index (χ0n) is 87.2. The lowest BCUT2D eigenvalue weighted by Crippen LogP contribution is -2.71. The van der Waals surface area contributed by atoms with E-state index in [2.05, 4.69) is 300 Å². The summed E-state index contributed by atoms with van der Waals surface area (Å²) in [5.41, 5.74) is 44.8. The molecule has 3 aromatic rings. The molecule has 0 bridgehead atoms. The second-order valence-corrected chi connectivity index (χ2v) is 46.0. The first kappa shape index (κ1) is 108. The van der Waals surface area contributed by atoms with Crippen LogP contribution in [0.15, 0.2) is 0 Å². The number of hydrazine groups is 7. The highest BCUT2D eigenvalue weighted by molar-refractivity contribution is 5.49. The van der Waals surface area contributed by atoms with Gasteiger partial charge in [-0.25, -0.2) is 42.3 Å². The molecule has 0 amide bonds. The number of anilines is 7. The van der Waals surface area contributed by atoms with Crippen LogP contribution in [0.1, 0.15) is 425 Å². The lowest BCUT2D eigenvalue weighted by atomic mass is 9.77. The molecule has 5 aliphatic rings. The summed E-state index contributed by atoms with van der Waals surface area (Å²) < 4.78 is 0. The molecule has 0 aliphatic carbocycles. The molecule has 736 valence electrons. The Morgan fingerprint density at radius 3 is 0.938 bits per heavy atom. The Hall–Kier alpha value is -5.01. The van der Waals surface area contributed by atoms with E-state index in [1.54, 1.807) is 0 Å². The van der Waals surface area contributed by atoms with Crippen molar-refractivity contribution in [3.63, 3.8) is 0 Å². The van der Waals surface area contributed by atoms with E-state index in [0.29, 0.717) is 144 Å². The van der Waals surface area contributed by atoms with Crippen LogP contribution in [-0.4, -0.2) is 198 Å². The van der Waals surface area contributed by atoms with Crippen molar-refractivity contribution in [2.75, 3.05) is 67.8 Å². The van der Waals surface area contributed by atoms with Crippen molar-refractivity contribution in [2.24, 2.45) is 22.9 Å². The van der Waals surface area contributed by atoms with Crippen molar-refractivity contribution in [1.82, 2.24) is 109 Å². The molecule has 5 unspecified atom stereocenters. The fourth-order valence-corrected chi connectivity index (χ4v) is 22.8. The van der Waals surface area contributed by atoms with Gasteiger partial charge in [0, 0.05) is 106 Å². The van der Waals surface area contributed by atoms with Gasteiger partial charge in [0.1, 0.15) is 0 Å². The molecule has 32 heteroatoms. The van der Waals surface area contributed by atoms with E-state index in [1.807, 2.05) is 20.1 Å². The number of hydrogen-bond donors (Lipinski definition) is 14. The van der Waals surface area contributed by atoms with Gasteiger partial charge in [-0.2, -0.15) is 44.9 Å². The Balaban J connectivity index is 1.67. The van der Waals surface area contributed by atoms with Crippen LogP contribution in [0.3, 0.4) is 0 Å². The summed E-state index contributed by atoms with van der Waals surface area (Å²) in [6.45, 7) is 77.7. The zero-order valence-corrected chi connectivity index (χ0v) is 87.2. The number of rotatable bonds is 51. The van der Waals surface area contributed by atoms with Crippen LogP contribution in [0.2, 0.25) is 0 Å². The quantitative estimate of drug-likeness (QED) is 0.0142. The summed E-state index contributed by atoms with van der Waals surface area (Å²) in [6, 6.07) is -1.62. The number of unbranched alkanes of at least 4 members (excludes halogenated alkanes) is 5. The van der Waals surface area contributed by atoms with Crippen LogP contribution in [0.5, 0.6) is 0 Å². The first-order chi connectivity index (χ1) is 59.7. The molecule has 32 nitrogen and oxygen atoms in total. The van der Waals surface area contributed by atoms with E-state index < -0.39 is 58.4 Å². The van der Waals surface area contributed by atoms with Gasteiger partial charge < -0.3 is 54.4 Å². The molecule has 8 rings (SSSR count). The van der Waals surface area contributed by atoms with Gasteiger partial charge >= 0.3 is 0 Å². The maximum atomic E-state index is 8.15. The Labute approximate surface area is 778 Å². The molecule has 128 heavy (non-hydrogen) atoms. The molecule has 0 saturated carbocycles. The van der Waals surface area contributed by atoms with E-state index >= 15 is 0 Å². The molecule has 5 atom stereocenters. The lowest BCUT2D eigenvalue weighted by molar-refractivity contribution is -0.0299. The predicted molar refractivity (Wildman–Crippen MR) is 534 cm³/mol. The van der Waals surface area contributed by atoms with E-state index in [0.717, 1.165) is 128 Å². The Kier molecular flexibility index (Phi) is 38.6. The van der Waals surface area contributed by atoms with Gasteiger partial charge in [0.15, 0.2) is 11.6 Å². The fraction of sp³-hybridized carbons (Fsp3) is 0.906. The van der Waals surface area contributed by atoms with Gasteiger partial charge in [-0.1, -0.05) is 127 Å². The SMILES string of the molecule is CCCCNN(NCCCC)c1nc(N(NCCCC)C(N)CCC)nc(N(C2CC(C)(C)NC(C)(C)C2)N(C2CC(C)(C)NC(C)(C)C2)C(C)(C)c2nc(N(C(N)CCC)C3CC(C)(C)NC(C)(C)C3)nc(N(C3CC(C)(C)NC(C)(C)C3)N(C3CC(C)(C)NC(C)(C)C3)C(CC)c3nc(N(NCCCC)C(N)CCC)nc(N(NCCCC)C(N)CCC)n3)n2)n1. The predicted octanol–water partition coefficient (Wildman–Crippen LogP) is 14.8. The fourth-order valence-electron chi connectivity index (χ4n) is 22.8. The molecular formula is C96H192N32. The number of nitrogens with one attached hydrogen (secondary N) is 10. The smallest absolute Gasteiger partial charge is 0.262 e. The van der Waals surface area contributed by atoms with Crippen molar-refractivity contribution in [3.8, 4) is 0 Å². The molecule has 0 radical (unpaired) electrons. The van der Waals surface area contributed by atoms with Crippen LogP contribution >= 0.6 is 0 Å². The number of piperidine rings is 5. The van der Waals surface area contributed by atoms with Crippen molar-refractivity contribution >= 4 is 41.6 Å². The van der Waals surface area contributed by atoms with Crippen molar-refractivity contribution < 1.29 is 0 Å². The highest BCUT2D eigenvalue weighted by Crippen LogP contribution is 2.49. The molecule has 0 aromatic carbocycles. The molecule has 5 aliphatic heterocycles. The van der Waals surface area contributed by atoms with Crippen LogP contribution in [-0.2, 0) is 5.54 Å². The highest BCUT2D eigenvalue weighted by Gasteiger charge is 2.56. The summed E-state index contributed by atoms with van der Waals surface area (Å²) in [4.78, 5) is 56.8. The average molecular weight is 1790 g/mol. The monoisotopic (exact) mass is 1790 g/mol. The van der Waals surface area contributed by atoms with Crippen LogP contribution in [0.25, 0.3) is 0 Å². The van der Waals surface area contributed by atoms with Crippen LogP contribution < -0.4 is 112 Å². The molecule has 18 N–H and O–H groups in total.